The summed E-state index contributed by atoms with van der Waals surface area (Å²) >= 11 is 0. The highest BCUT2D eigenvalue weighted by molar-refractivity contribution is 5.95. The van der Waals surface area contributed by atoms with Gasteiger partial charge in [0.05, 0.1) is 12.6 Å². The zero-order valence-corrected chi connectivity index (χ0v) is 16.5. The Hall–Kier alpha value is -2.86. The summed E-state index contributed by atoms with van der Waals surface area (Å²) in [5.41, 5.74) is 4.31. The van der Waals surface area contributed by atoms with Crippen LogP contribution >= 0.6 is 0 Å². The van der Waals surface area contributed by atoms with E-state index in [4.69, 9.17) is 9.47 Å². The molecule has 2 amide bonds. The van der Waals surface area contributed by atoms with E-state index in [0.29, 0.717) is 18.8 Å². The van der Waals surface area contributed by atoms with Gasteiger partial charge in [-0.2, -0.15) is 0 Å². The number of benzene rings is 2. The molecule has 1 saturated heterocycles. The molecule has 28 heavy (non-hydrogen) atoms. The fourth-order valence-electron chi connectivity index (χ4n) is 2.95. The minimum atomic E-state index is -0.261. The quantitative estimate of drug-likeness (QED) is 0.834. The molecular formula is C22H26N2O4. The lowest BCUT2D eigenvalue weighted by Gasteiger charge is -2.33. The molecule has 1 aliphatic rings. The van der Waals surface area contributed by atoms with Crippen LogP contribution in [0.5, 0.6) is 5.75 Å². The number of anilines is 1. The van der Waals surface area contributed by atoms with Crippen LogP contribution in [0, 0.1) is 20.8 Å². The second-order valence-electron chi connectivity index (χ2n) is 7.11. The number of hydrogen-bond donors (Lipinski definition) is 1. The molecule has 2 aromatic carbocycles. The molecule has 148 valence electrons. The molecule has 1 atom stereocenters. The Morgan fingerprint density at radius 2 is 1.89 bits per heavy atom. The summed E-state index contributed by atoms with van der Waals surface area (Å²) in [5, 5.41) is 2.81. The van der Waals surface area contributed by atoms with Crippen LogP contribution in [-0.4, -0.2) is 44.2 Å². The number of nitrogens with one attached hydrogen (secondary N) is 1. The molecule has 1 fully saturated rings. The number of amides is 2. The van der Waals surface area contributed by atoms with Crippen LogP contribution in [0.3, 0.4) is 0 Å². The first-order valence-corrected chi connectivity index (χ1v) is 9.38. The molecule has 0 aromatic heterocycles. The molecule has 1 aliphatic heterocycles. The predicted molar refractivity (Wildman–Crippen MR) is 108 cm³/mol. The standard InChI is InChI=1S/C22H26N2O4/c1-15-4-8-19(9-5-15)27-13-21(25)23-11-20-12-24(22(26)14-28-20)18-7-6-16(2)17(3)10-18/h4-10,20H,11-14H2,1-3H3,(H,23,25). The highest BCUT2D eigenvalue weighted by Gasteiger charge is 2.27. The van der Waals surface area contributed by atoms with E-state index < -0.39 is 0 Å². The lowest BCUT2D eigenvalue weighted by atomic mass is 10.1. The lowest BCUT2D eigenvalue weighted by molar-refractivity contribution is -0.130. The Morgan fingerprint density at radius 3 is 2.61 bits per heavy atom. The number of rotatable bonds is 6. The summed E-state index contributed by atoms with van der Waals surface area (Å²) in [6, 6.07) is 13.5. The molecule has 0 radical (unpaired) electrons. The second kappa shape index (κ2) is 8.89. The maximum atomic E-state index is 12.3. The lowest BCUT2D eigenvalue weighted by Crippen LogP contribution is -2.51. The third-order valence-corrected chi connectivity index (χ3v) is 4.85. The van der Waals surface area contributed by atoms with E-state index in [1.165, 1.54) is 5.56 Å². The summed E-state index contributed by atoms with van der Waals surface area (Å²) in [6.07, 6.45) is -0.261. The molecule has 2 aromatic rings. The van der Waals surface area contributed by atoms with Crippen LogP contribution in [0.1, 0.15) is 16.7 Å². The average molecular weight is 382 g/mol. The van der Waals surface area contributed by atoms with Gasteiger partial charge in [-0.05, 0) is 56.2 Å². The predicted octanol–water partition coefficient (Wildman–Crippen LogP) is 2.54. The van der Waals surface area contributed by atoms with E-state index in [9.17, 15) is 9.59 Å². The Labute approximate surface area is 165 Å². The fraction of sp³-hybridized carbons (Fsp3) is 0.364. The minimum Gasteiger partial charge on any atom is -0.484 e. The highest BCUT2D eigenvalue weighted by Crippen LogP contribution is 2.21. The van der Waals surface area contributed by atoms with E-state index in [-0.39, 0.29) is 31.1 Å². The number of ether oxygens (including phenoxy) is 2. The first kappa shape index (κ1) is 19.9. The van der Waals surface area contributed by atoms with Gasteiger partial charge in [0, 0.05) is 12.2 Å². The molecule has 6 nitrogen and oxygen atoms in total. The van der Waals surface area contributed by atoms with Crippen molar-refractivity contribution in [2.45, 2.75) is 26.9 Å². The van der Waals surface area contributed by atoms with E-state index in [2.05, 4.69) is 5.32 Å². The Bertz CT molecular complexity index is 848. The zero-order chi connectivity index (χ0) is 20.1. The van der Waals surface area contributed by atoms with Crippen molar-refractivity contribution in [3.05, 3.63) is 59.2 Å². The monoisotopic (exact) mass is 382 g/mol. The van der Waals surface area contributed by atoms with Crippen molar-refractivity contribution in [3.63, 3.8) is 0 Å². The van der Waals surface area contributed by atoms with Gasteiger partial charge >= 0.3 is 0 Å². The molecule has 1 N–H and O–H groups in total. The zero-order valence-electron chi connectivity index (χ0n) is 16.5. The fourth-order valence-corrected chi connectivity index (χ4v) is 2.95. The van der Waals surface area contributed by atoms with Crippen molar-refractivity contribution in [1.82, 2.24) is 5.32 Å². The van der Waals surface area contributed by atoms with Gasteiger partial charge in [0.1, 0.15) is 12.4 Å². The number of hydrogen-bond acceptors (Lipinski definition) is 4. The third kappa shape index (κ3) is 5.10. The number of carbonyl (C=O) groups excluding carboxylic acids is 2. The van der Waals surface area contributed by atoms with Crippen LogP contribution < -0.4 is 15.0 Å². The van der Waals surface area contributed by atoms with Gasteiger partial charge in [-0.1, -0.05) is 23.8 Å². The van der Waals surface area contributed by atoms with Crippen molar-refractivity contribution >= 4 is 17.5 Å². The molecule has 6 heteroatoms. The normalized spacial score (nSPS) is 16.8. The van der Waals surface area contributed by atoms with Gasteiger partial charge in [-0.3, -0.25) is 9.59 Å². The van der Waals surface area contributed by atoms with Gasteiger partial charge < -0.3 is 19.7 Å². The van der Waals surface area contributed by atoms with Crippen molar-refractivity contribution in [3.8, 4) is 5.75 Å². The van der Waals surface area contributed by atoms with E-state index in [1.54, 1.807) is 4.90 Å². The number of nitrogens with zero attached hydrogens (tertiary/aromatic N) is 1. The van der Waals surface area contributed by atoms with Gasteiger partial charge in [0.2, 0.25) is 0 Å². The van der Waals surface area contributed by atoms with E-state index >= 15 is 0 Å². The van der Waals surface area contributed by atoms with E-state index in [0.717, 1.165) is 16.8 Å². The Morgan fingerprint density at radius 1 is 1.14 bits per heavy atom. The molecule has 1 unspecified atom stereocenters. The Balaban J connectivity index is 1.50. The van der Waals surface area contributed by atoms with Crippen LogP contribution in [0.4, 0.5) is 5.69 Å². The topological polar surface area (TPSA) is 67.9 Å². The van der Waals surface area contributed by atoms with Crippen molar-refractivity contribution in [2.24, 2.45) is 0 Å². The van der Waals surface area contributed by atoms with Crippen LogP contribution in [-0.2, 0) is 14.3 Å². The summed E-state index contributed by atoms with van der Waals surface area (Å²) in [4.78, 5) is 26.0. The van der Waals surface area contributed by atoms with Crippen molar-refractivity contribution in [1.29, 1.82) is 0 Å². The highest BCUT2D eigenvalue weighted by atomic mass is 16.5. The number of aryl methyl sites for hydroxylation is 3. The number of morpholine rings is 1. The first-order chi connectivity index (χ1) is 13.4. The van der Waals surface area contributed by atoms with Gasteiger partial charge in [-0.25, -0.2) is 0 Å². The van der Waals surface area contributed by atoms with Gasteiger partial charge in [0.15, 0.2) is 6.61 Å². The van der Waals surface area contributed by atoms with Crippen LogP contribution in [0.25, 0.3) is 0 Å². The van der Waals surface area contributed by atoms with Crippen molar-refractivity contribution < 1.29 is 19.1 Å². The smallest absolute Gasteiger partial charge is 0.258 e. The average Bonchev–Trinajstić information content (AvgIpc) is 2.69. The molecule has 3 rings (SSSR count). The summed E-state index contributed by atoms with van der Waals surface area (Å²) < 4.78 is 11.1. The molecule has 0 bridgehead atoms. The molecular weight excluding hydrogens is 356 g/mol. The largest absolute Gasteiger partial charge is 0.484 e. The number of carbonyl (C=O) groups is 2. The van der Waals surface area contributed by atoms with Gasteiger partial charge in [0.25, 0.3) is 11.8 Å². The SMILES string of the molecule is Cc1ccc(OCC(=O)NCC2CN(c3ccc(C)c(C)c3)C(=O)CO2)cc1. The van der Waals surface area contributed by atoms with Gasteiger partial charge in [-0.15, -0.1) is 0 Å². The van der Waals surface area contributed by atoms with E-state index in [1.807, 2.05) is 63.2 Å². The maximum Gasteiger partial charge on any atom is 0.258 e. The first-order valence-electron chi connectivity index (χ1n) is 9.38. The minimum absolute atomic E-state index is 0.00727. The summed E-state index contributed by atoms with van der Waals surface area (Å²) in [6.45, 7) is 6.73. The van der Waals surface area contributed by atoms with Crippen LogP contribution in [0.15, 0.2) is 42.5 Å². The van der Waals surface area contributed by atoms with Crippen molar-refractivity contribution in [2.75, 3.05) is 31.2 Å². The molecule has 0 spiro atoms. The Kier molecular flexibility index (Phi) is 6.31. The van der Waals surface area contributed by atoms with Crippen LogP contribution in [0.2, 0.25) is 0 Å². The second-order valence-corrected chi connectivity index (χ2v) is 7.11. The molecule has 1 heterocycles. The maximum absolute atomic E-state index is 12.3. The molecule has 0 saturated carbocycles. The summed E-state index contributed by atoms with van der Waals surface area (Å²) in [7, 11) is 0. The third-order valence-electron chi connectivity index (χ3n) is 4.85. The summed E-state index contributed by atoms with van der Waals surface area (Å²) in [5.74, 6) is 0.355. The molecule has 0 aliphatic carbocycles.